The molecule has 1 amide bonds. The first-order valence-electron chi connectivity index (χ1n) is 9.14. The molecule has 7 heteroatoms. The molecule has 0 aliphatic rings. The third-order valence-corrected chi connectivity index (χ3v) is 5.81. The van der Waals surface area contributed by atoms with Gasteiger partial charge in [0.1, 0.15) is 0 Å². The normalized spacial score (nSPS) is 12.1. The molecule has 28 heavy (non-hydrogen) atoms. The Labute approximate surface area is 173 Å². The molecule has 0 fully saturated rings. The van der Waals surface area contributed by atoms with Crippen LogP contribution in [0.4, 0.5) is 0 Å². The molecule has 0 radical (unpaired) electrons. The predicted molar refractivity (Wildman–Crippen MR) is 115 cm³/mol. The molecule has 0 aliphatic carbocycles. The second-order valence-electron chi connectivity index (χ2n) is 6.56. The van der Waals surface area contributed by atoms with Gasteiger partial charge in [-0.1, -0.05) is 60.6 Å². The van der Waals surface area contributed by atoms with E-state index in [4.69, 9.17) is 11.6 Å². The first kappa shape index (κ1) is 20.4. The fourth-order valence-corrected chi connectivity index (χ4v) is 3.75. The summed E-state index contributed by atoms with van der Waals surface area (Å²) in [6.07, 6.45) is 0.863. The number of aromatic nitrogens is 2. The standard InChI is InChI=1S/C21H22ClN3O2S/c1-3-14(2)23-19(26)13-28-21-24-18-11-7-5-9-16(18)20(27)25(21)12-15-8-4-6-10-17(15)22/h4-11,14H,3,12-13H2,1-2H3,(H,23,26)/t14-/m1/s1. The highest BCUT2D eigenvalue weighted by Crippen LogP contribution is 2.21. The van der Waals surface area contributed by atoms with Crippen LogP contribution in [0.2, 0.25) is 5.02 Å². The Morgan fingerprint density at radius 2 is 1.93 bits per heavy atom. The van der Waals surface area contributed by atoms with E-state index in [1.165, 1.54) is 11.8 Å². The van der Waals surface area contributed by atoms with E-state index in [1.807, 2.05) is 44.2 Å². The molecular weight excluding hydrogens is 394 g/mol. The van der Waals surface area contributed by atoms with Crippen LogP contribution in [0.5, 0.6) is 0 Å². The molecule has 1 atom stereocenters. The molecule has 2 aromatic carbocycles. The van der Waals surface area contributed by atoms with Gasteiger partial charge in [-0.2, -0.15) is 0 Å². The van der Waals surface area contributed by atoms with Crippen LogP contribution in [-0.4, -0.2) is 27.3 Å². The van der Waals surface area contributed by atoms with Gasteiger partial charge >= 0.3 is 0 Å². The summed E-state index contributed by atoms with van der Waals surface area (Å²) in [4.78, 5) is 29.9. The lowest BCUT2D eigenvalue weighted by Crippen LogP contribution is -2.33. The first-order chi connectivity index (χ1) is 13.5. The molecule has 3 rings (SSSR count). The summed E-state index contributed by atoms with van der Waals surface area (Å²) in [5.74, 6) is 0.114. The average molecular weight is 416 g/mol. The fraction of sp³-hybridized carbons (Fsp3) is 0.286. The zero-order valence-electron chi connectivity index (χ0n) is 15.8. The second kappa shape index (κ2) is 9.26. The topological polar surface area (TPSA) is 64.0 Å². The van der Waals surface area contributed by atoms with Crippen LogP contribution in [0.3, 0.4) is 0 Å². The Balaban J connectivity index is 1.96. The minimum atomic E-state index is -0.143. The van der Waals surface area contributed by atoms with E-state index in [9.17, 15) is 9.59 Å². The molecule has 0 unspecified atom stereocenters. The number of carbonyl (C=O) groups excluding carboxylic acids is 1. The number of para-hydroxylation sites is 1. The van der Waals surface area contributed by atoms with Crippen LogP contribution < -0.4 is 10.9 Å². The first-order valence-corrected chi connectivity index (χ1v) is 10.5. The lowest BCUT2D eigenvalue weighted by Gasteiger charge is -2.15. The molecule has 0 saturated heterocycles. The van der Waals surface area contributed by atoms with Gasteiger partial charge in [0.15, 0.2) is 5.16 Å². The van der Waals surface area contributed by atoms with Crippen molar-refractivity contribution in [2.45, 2.75) is 38.0 Å². The smallest absolute Gasteiger partial charge is 0.262 e. The summed E-state index contributed by atoms with van der Waals surface area (Å²) in [6, 6.07) is 14.8. The van der Waals surface area contributed by atoms with Crippen molar-refractivity contribution in [1.29, 1.82) is 0 Å². The van der Waals surface area contributed by atoms with Crippen LogP contribution >= 0.6 is 23.4 Å². The number of hydrogen-bond acceptors (Lipinski definition) is 4. The summed E-state index contributed by atoms with van der Waals surface area (Å²) in [5.41, 5.74) is 1.30. The van der Waals surface area contributed by atoms with Gasteiger partial charge in [0.05, 0.1) is 23.2 Å². The predicted octanol–water partition coefficient (Wildman–Crippen LogP) is 4.11. The van der Waals surface area contributed by atoms with Crippen molar-refractivity contribution in [3.8, 4) is 0 Å². The number of nitrogens with zero attached hydrogens (tertiary/aromatic N) is 2. The molecule has 0 aliphatic heterocycles. The highest BCUT2D eigenvalue weighted by molar-refractivity contribution is 7.99. The van der Waals surface area contributed by atoms with Crippen molar-refractivity contribution >= 4 is 40.2 Å². The van der Waals surface area contributed by atoms with Crippen molar-refractivity contribution in [3.05, 3.63) is 69.5 Å². The van der Waals surface area contributed by atoms with Gasteiger partial charge < -0.3 is 5.32 Å². The minimum Gasteiger partial charge on any atom is -0.353 e. The van der Waals surface area contributed by atoms with E-state index >= 15 is 0 Å². The number of fused-ring (bicyclic) bond motifs is 1. The SMILES string of the molecule is CC[C@@H](C)NC(=O)CSc1nc2ccccc2c(=O)n1Cc1ccccc1Cl. The third kappa shape index (κ3) is 4.75. The maximum Gasteiger partial charge on any atom is 0.262 e. The van der Waals surface area contributed by atoms with E-state index in [2.05, 4.69) is 10.3 Å². The summed E-state index contributed by atoms with van der Waals surface area (Å²) >= 11 is 7.55. The Morgan fingerprint density at radius 3 is 2.68 bits per heavy atom. The summed E-state index contributed by atoms with van der Waals surface area (Å²) in [5, 5.41) is 4.57. The summed E-state index contributed by atoms with van der Waals surface area (Å²) < 4.78 is 1.59. The lowest BCUT2D eigenvalue weighted by atomic mass is 10.2. The van der Waals surface area contributed by atoms with E-state index in [0.29, 0.717) is 27.6 Å². The number of nitrogens with one attached hydrogen (secondary N) is 1. The number of carbonyl (C=O) groups is 1. The van der Waals surface area contributed by atoms with Gasteiger partial charge in [-0.3, -0.25) is 14.2 Å². The zero-order valence-corrected chi connectivity index (χ0v) is 17.4. The van der Waals surface area contributed by atoms with E-state index in [1.54, 1.807) is 22.8 Å². The summed E-state index contributed by atoms with van der Waals surface area (Å²) in [6.45, 7) is 4.28. The number of benzene rings is 2. The highest BCUT2D eigenvalue weighted by atomic mass is 35.5. The van der Waals surface area contributed by atoms with Crippen molar-refractivity contribution in [1.82, 2.24) is 14.9 Å². The molecular formula is C21H22ClN3O2S. The molecule has 5 nitrogen and oxygen atoms in total. The average Bonchev–Trinajstić information content (AvgIpc) is 2.70. The fourth-order valence-electron chi connectivity index (χ4n) is 2.74. The van der Waals surface area contributed by atoms with Crippen LogP contribution in [0, 0.1) is 0 Å². The maximum absolute atomic E-state index is 13.1. The van der Waals surface area contributed by atoms with Crippen LogP contribution in [0.1, 0.15) is 25.8 Å². The van der Waals surface area contributed by atoms with E-state index < -0.39 is 0 Å². The molecule has 1 heterocycles. The minimum absolute atomic E-state index is 0.0777. The van der Waals surface area contributed by atoms with Crippen molar-refractivity contribution in [2.75, 3.05) is 5.75 Å². The number of thioether (sulfide) groups is 1. The van der Waals surface area contributed by atoms with Crippen molar-refractivity contribution < 1.29 is 4.79 Å². The highest BCUT2D eigenvalue weighted by Gasteiger charge is 2.15. The van der Waals surface area contributed by atoms with Gasteiger partial charge in [-0.05, 0) is 37.1 Å². The van der Waals surface area contributed by atoms with Gasteiger partial charge in [0.25, 0.3) is 5.56 Å². The molecule has 0 spiro atoms. The Kier molecular flexibility index (Phi) is 6.75. The van der Waals surface area contributed by atoms with E-state index in [-0.39, 0.29) is 23.3 Å². The van der Waals surface area contributed by atoms with Gasteiger partial charge in [0.2, 0.25) is 5.91 Å². The van der Waals surface area contributed by atoms with Crippen LogP contribution in [0.15, 0.2) is 58.5 Å². The Hall–Kier alpha value is -2.31. The Bertz CT molecular complexity index is 1050. The number of rotatable bonds is 7. The Morgan fingerprint density at radius 1 is 1.21 bits per heavy atom. The molecule has 3 aromatic rings. The third-order valence-electron chi connectivity index (χ3n) is 4.47. The quantitative estimate of drug-likeness (QED) is 0.466. The lowest BCUT2D eigenvalue weighted by molar-refractivity contribution is -0.119. The number of halogens is 1. The number of hydrogen-bond donors (Lipinski definition) is 1. The van der Waals surface area contributed by atoms with Crippen molar-refractivity contribution in [3.63, 3.8) is 0 Å². The zero-order chi connectivity index (χ0) is 20.1. The second-order valence-corrected chi connectivity index (χ2v) is 7.91. The number of amides is 1. The maximum atomic E-state index is 13.1. The van der Waals surface area contributed by atoms with E-state index in [0.717, 1.165) is 12.0 Å². The monoisotopic (exact) mass is 415 g/mol. The molecule has 0 saturated carbocycles. The molecule has 1 aromatic heterocycles. The van der Waals surface area contributed by atoms with Gasteiger partial charge in [-0.15, -0.1) is 0 Å². The van der Waals surface area contributed by atoms with Gasteiger partial charge in [-0.25, -0.2) is 4.98 Å². The molecule has 146 valence electrons. The van der Waals surface area contributed by atoms with Gasteiger partial charge in [0, 0.05) is 11.1 Å². The summed E-state index contributed by atoms with van der Waals surface area (Å²) in [7, 11) is 0. The molecule has 1 N–H and O–H groups in total. The largest absolute Gasteiger partial charge is 0.353 e. The van der Waals surface area contributed by atoms with Crippen molar-refractivity contribution in [2.24, 2.45) is 0 Å². The molecule has 0 bridgehead atoms. The van der Waals surface area contributed by atoms with Crippen LogP contribution in [0.25, 0.3) is 10.9 Å². The van der Waals surface area contributed by atoms with Crippen LogP contribution in [-0.2, 0) is 11.3 Å².